The fourth-order valence-corrected chi connectivity index (χ4v) is 4.40. The first-order valence-corrected chi connectivity index (χ1v) is 12.4. The summed E-state index contributed by atoms with van der Waals surface area (Å²) >= 11 is 0. The van der Waals surface area contributed by atoms with Gasteiger partial charge in [0, 0.05) is 16.9 Å². The Balaban J connectivity index is 1.38. The Morgan fingerprint density at radius 3 is 2.10 bits per heavy atom. The molecule has 0 aromatic heterocycles. The number of carbonyl (C=O) groups is 3. The van der Waals surface area contributed by atoms with Crippen LogP contribution in [0.15, 0.2) is 103 Å². The van der Waals surface area contributed by atoms with Gasteiger partial charge in [-0.2, -0.15) is 0 Å². The molecule has 0 radical (unpaired) electrons. The zero-order valence-electron chi connectivity index (χ0n) is 21.1. The summed E-state index contributed by atoms with van der Waals surface area (Å²) in [5.41, 5.74) is 3.97. The van der Waals surface area contributed by atoms with Gasteiger partial charge >= 0.3 is 6.09 Å². The van der Waals surface area contributed by atoms with Crippen molar-refractivity contribution >= 4 is 29.3 Å². The minimum Gasteiger partial charge on any atom is -0.438 e. The Morgan fingerprint density at radius 2 is 1.44 bits per heavy atom. The Morgan fingerprint density at radius 1 is 0.821 bits per heavy atom. The van der Waals surface area contributed by atoms with E-state index in [0.717, 1.165) is 11.1 Å². The largest absolute Gasteiger partial charge is 0.438 e. The van der Waals surface area contributed by atoms with Crippen LogP contribution < -0.4 is 10.6 Å². The van der Waals surface area contributed by atoms with Crippen LogP contribution in [0.3, 0.4) is 0 Å². The number of nitrogens with zero attached hydrogens (tertiary/aromatic N) is 1. The molecule has 1 fully saturated rings. The van der Waals surface area contributed by atoms with E-state index in [2.05, 4.69) is 10.6 Å². The van der Waals surface area contributed by atoms with Gasteiger partial charge in [0.1, 0.15) is 5.82 Å². The summed E-state index contributed by atoms with van der Waals surface area (Å²) in [7, 11) is 0. The number of anilines is 2. The molecule has 1 aliphatic heterocycles. The van der Waals surface area contributed by atoms with Crippen LogP contribution in [0.1, 0.15) is 33.2 Å². The van der Waals surface area contributed by atoms with E-state index in [9.17, 15) is 18.8 Å². The van der Waals surface area contributed by atoms with Gasteiger partial charge in [-0.1, -0.05) is 60.2 Å². The second kappa shape index (κ2) is 11.2. The number of amides is 3. The van der Waals surface area contributed by atoms with E-state index < -0.39 is 30.0 Å². The summed E-state index contributed by atoms with van der Waals surface area (Å²) in [5.74, 6) is -1.14. The molecule has 0 aliphatic carbocycles. The molecule has 39 heavy (non-hydrogen) atoms. The number of hydrogen-bond acceptors (Lipinski definition) is 4. The topological polar surface area (TPSA) is 87.7 Å². The molecule has 3 amide bonds. The minimum absolute atomic E-state index is 0.169. The van der Waals surface area contributed by atoms with Crippen molar-refractivity contribution in [3.8, 4) is 0 Å². The van der Waals surface area contributed by atoms with Crippen LogP contribution >= 0.6 is 0 Å². The highest BCUT2D eigenvalue weighted by molar-refractivity contribution is 6.04. The highest BCUT2D eigenvalue weighted by Gasteiger charge is 2.47. The van der Waals surface area contributed by atoms with Crippen LogP contribution in [0.5, 0.6) is 0 Å². The van der Waals surface area contributed by atoms with Crippen LogP contribution in [0.2, 0.25) is 0 Å². The highest BCUT2D eigenvalue weighted by Crippen LogP contribution is 2.35. The van der Waals surface area contributed by atoms with Crippen LogP contribution in [0, 0.1) is 12.7 Å². The zero-order valence-corrected chi connectivity index (χ0v) is 21.1. The van der Waals surface area contributed by atoms with E-state index in [1.165, 1.54) is 29.2 Å². The molecular weight excluding hydrogens is 497 g/mol. The fraction of sp³-hybridized carbons (Fsp3) is 0.129. The maximum Gasteiger partial charge on any atom is 0.411 e. The van der Waals surface area contributed by atoms with Crippen LogP contribution in [0.4, 0.5) is 20.6 Å². The predicted molar refractivity (Wildman–Crippen MR) is 146 cm³/mol. The number of cyclic esters (lactones) is 1. The Bertz CT molecular complexity index is 1470. The molecule has 5 rings (SSSR count). The number of nitrogens with one attached hydrogen (secondary N) is 2. The first-order chi connectivity index (χ1) is 18.9. The van der Waals surface area contributed by atoms with Crippen molar-refractivity contribution in [2.24, 2.45) is 0 Å². The van der Waals surface area contributed by atoms with Crippen molar-refractivity contribution in [2.75, 3.05) is 10.6 Å². The molecule has 1 aliphatic rings. The maximum atomic E-state index is 13.5. The van der Waals surface area contributed by atoms with Gasteiger partial charge in [0.15, 0.2) is 12.1 Å². The average molecular weight is 524 g/mol. The maximum absolute atomic E-state index is 13.5. The first-order valence-electron chi connectivity index (χ1n) is 12.4. The third kappa shape index (κ3) is 5.96. The molecule has 0 spiro atoms. The molecule has 1 heterocycles. The third-order valence-corrected chi connectivity index (χ3v) is 6.47. The van der Waals surface area contributed by atoms with Gasteiger partial charge in [-0.3, -0.25) is 14.5 Å². The molecule has 8 heteroatoms. The van der Waals surface area contributed by atoms with Gasteiger partial charge in [0.25, 0.3) is 11.8 Å². The Labute approximate surface area is 225 Å². The van der Waals surface area contributed by atoms with E-state index in [-0.39, 0.29) is 12.5 Å². The Kier molecular flexibility index (Phi) is 7.36. The number of hydrogen-bond donors (Lipinski definition) is 2. The number of rotatable bonds is 7. The van der Waals surface area contributed by atoms with Crippen LogP contribution in [-0.2, 0) is 16.1 Å². The van der Waals surface area contributed by atoms with Crippen molar-refractivity contribution in [3.05, 3.63) is 131 Å². The predicted octanol–water partition coefficient (Wildman–Crippen LogP) is 6.09. The molecular formula is C31H26FN3O4. The zero-order chi connectivity index (χ0) is 27.4. The van der Waals surface area contributed by atoms with Crippen molar-refractivity contribution in [3.63, 3.8) is 0 Å². The number of benzene rings is 4. The van der Waals surface area contributed by atoms with Gasteiger partial charge in [-0.15, -0.1) is 0 Å². The molecule has 0 saturated carbocycles. The lowest BCUT2D eigenvalue weighted by Crippen LogP contribution is -2.43. The molecule has 2 unspecified atom stereocenters. The van der Waals surface area contributed by atoms with E-state index >= 15 is 0 Å². The lowest BCUT2D eigenvalue weighted by Gasteiger charge is -2.24. The van der Waals surface area contributed by atoms with E-state index in [1.54, 1.807) is 36.4 Å². The van der Waals surface area contributed by atoms with Crippen LogP contribution in [0.25, 0.3) is 0 Å². The van der Waals surface area contributed by atoms with Gasteiger partial charge in [-0.25, -0.2) is 9.18 Å². The smallest absolute Gasteiger partial charge is 0.411 e. The standard InChI is InChI=1S/C31H26FN3O4/c1-20-7-9-23(10-8-20)29(36)33-25-15-11-22(12-16-25)28-27(30(37)34-26-17-13-24(32)14-18-26)35(31(38)39-28)19-21-5-3-2-4-6-21/h2-18,27-28H,19H2,1H3,(H,33,36)(H,34,37). The second-order valence-electron chi connectivity index (χ2n) is 9.30. The number of halogens is 1. The van der Waals surface area contributed by atoms with Gasteiger partial charge < -0.3 is 15.4 Å². The SMILES string of the molecule is Cc1ccc(C(=O)Nc2ccc(C3OC(=O)N(Cc4ccccc4)C3C(=O)Nc3ccc(F)cc3)cc2)cc1. The molecule has 4 aromatic rings. The van der Waals surface area contributed by atoms with E-state index in [0.29, 0.717) is 22.5 Å². The second-order valence-corrected chi connectivity index (χ2v) is 9.30. The molecule has 196 valence electrons. The summed E-state index contributed by atoms with van der Waals surface area (Å²) in [5, 5.41) is 5.62. The normalized spacial score (nSPS) is 16.5. The lowest BCUT2D eigenvalue weighted by atomic mass is 10.00. The highest BCUT2D eigenvalue weighted by atomic mass is 19.1. The molecule has 2 N–H and O–H groups in total. The van der Waals surface area contributed by atoms with Gasteiger partial charge in [-0.05, 0) is 66.6 Å². The number of aryl methyl sites for hydroxylation is 1. The fourth-order valence-electron chi connectivity index (χ4n) is 4.40. The van der Waals surface area contributed by atoms with E-state index in [1.807, 2.05) is 49.4 Å². The van der Waals surface area contributed by atoms with Crippen molar-refractivity contribution < 1.29 is 23.5 Å². The van der Waals surface area contributed by atoms with Gasteiger partial charge in [0.2, 0.25) is 0 Å². The van der Waals surface area contributed by atoms with Crippen molar-refractivity contribution in [2.45, 2.75) is 25.6 Å². The third-order valence-electron chi connectivity index (χ3n) is 6.47. The quantitative estimate of drug-likeness (QED) is 0.307. The Hall–Kier alpha value is -4.98. The monoisotopic (exact) mass is 523 g/mol. The molecule has 0 bridgehead atoms. The summed E-state index contributed by atoms with van der Waals surface area (Å²) < 4.78 is 19.1. The summed E-state index contributed by atoms with van der Waals surface area (Å²) in [4.78, 5) is 40.5. The molecule has 1 saturated heterocycles. The molecule has 2 atom stereocenters. The number of carbonyl (C=O) groups excluding carboxylic acids is 3. The number of ether oxygens (including phenoxy) is 1. The van der Waals surface area contributed by atoms with Crippen LogP contribution in [-0.4, -0.2) is 28.8 Å². The van der Waals surface area contributed by atoms with Gasteiger partial charge in [0.05, 0.1) is 6.54 Å². The summed E-state index contributed by atoms with van der Waals surface area (Å²) in [6.45, 7) is 2.12. The summed E-state index contributed by atoms with van der Waals surface area (Å²) in [6.07, 6.45) is -1.52. The lowest BCUT2D eigenvalue weighted by molar-refractivity contribution is -0.121. The molecule has 7 nitrogen and oxygen atoms in total. The van der Waals surface area contributed by atoms with Crippen molar-refractivity contribution in [1.82, 2.24) is 4.90 Å². The molecule has 4 aromatic carbocycles. The summed E-state index contributed by atoms with van der Waals surface area (Å²) in [6, 6.07) is 27.8. The average Bonchev–Trinajstić information content (AvgIpc) is 3.27. The van der Waals surface area contributed by atoms with E-state index in [4.69, 9.17) is 4.74 Å². The minimum atomic E-state index is -0.990. The van der Waals surface area contributed by atoms with Crippen molar-refractivity contribution in [1.29, 1.82) is 0 Å². The first kappa shape index (κ1) is 25.7.